The van der Waals surface area contributed by atoms with Crippen LogP contribution >= 0.6 is 0 Å². The average Bonchev–Trinajstić information content (AvgIpc) is 2.84. The topological polar surface area (TPSA) is 108 Å². The molecular formula is C13H14N4O3. The van der Waals surface area contributed by atoms with E-state index in [-0.39, 0.29) is 0 Å². The van der Waals surface area contributed by atoms with Gasteiger partial charge in [0.15, 0.2) is 5.82 Å². The number of carbonyl (C=O) groups excluding carboxylic acids is 1. The quantitative estimate of drug-likeness (QED) is 0.731. The number of H-pyrrole nitrogens is 1. The van der Waals surface area contributed by atoms with Crippen LogP contribution in [0.5, 0.6) is 0 Å². The fourth-order valence-corrected chi connectivity index (χ4v) is 1.60. The molecule has 0 saturated carbocycles. The number of nitrogens with zero attached hydrogens (tertiary/aromatic N) is 2. The maximum absolute atomic E-state index is 11.8. The van der Waals surface area contributed by atoms with Crippen molar-refractivity contribution in [2.75, 3.05) is 5.32 Å². The van der Waals surface area contributed by atoms with Crippen LogP contribution in [0.25, 0.3) is 11.4 Å². The molecule has 0 spiro atoms. The summed E-state index contributed by atoms with van der Waals surface area (Å²) in [5.41, 5.74) is 1.10. The zero-order chi connectivity index (χ0) is 14.7. The molecule has 20 heavy (non-hydrogen) atoms. The van der Waals surface area contributed by atoms with E-state index >= 15 is 0 Å². The number of aliphatic carboxylic acids is 1. The molecular weight excluding hydrogens is 260 g/mol. The number of aryl methyl sites for hydroxylation is 1. The Morgan fingerprint density at radius 2 is 2.05 bits per heavy atom. The van der Waals surface area contributed by atoms with Crippen molar-refractivity contribution in [1.29, 1.82) is 0 Å². The van der Waals surface area contributed by atoms with Crippen molar-refractivity contribution in [1.82, 2.24) is 15.2 Å². The van der Waals surface area contributed by atoms with Crippen molar-refractivity contribution in [2.45, 2.75) is 13.8 Å². The largest absolute Gasteiger partial charge is 0.481 e. The zero-order valence-corrected chi connectivity index (χ0v) is 11.0. The highest BCUT2D eigenvalue weighted by atomic mass is 16.4. The number of carboxylic acids is 1. The predicted molar refractivity (Wildman–Crippen MR) is 72.0 cm³/mol. The first-order valence-electron chi connectivity index (χ1n) is 6.01. The van der Waals surface area contributed by atoms with Gasteiger partial charge in [0.2, 0.25) is 5.91 Å². The maximum atomic E-state index is 11.8. The summed E-state index contributed by atoms with van der Waals surface area (Å²) >= 11 is 0. The minimum atomic E-state index is -1.17. The molecule has 104 valence electrons. The van der Waals surface area contributed by atoms with Crippen LogP contribution in [-0.4, -0.2) is 32.2 Å². The Balaban J connectivity index is 2.29. The number of rotatable bonds is 4. The number of hydrogen-bond acceptors (Lipinski definition) is 4. The van der Waals surface area contributed by atoms with Crippen LogP contribution in [0.2, 0.25) is 0 Å². The lowest BCUT2D eigenvalue weighted by Crippen LogP contribution is -2.27. The normalized spacial score (nSPS) is 11.9. The van der Waals surface area contributed by atoms with Crippen LogP contribution in [0.4, 0.5) is 5.69 Å². The first-order valence-corrected chi connectivity index (χ1v) is 6.01. The number of aromatic amines is 1. The number of carboxylic acid groups (broad SMARTS) is 1. The van der Waals surface area contributed by atoms with Crippen LogP contribution in [0.1, 0.15) is 12.7 Å². The summed E-state index contributed by atoms with van der Waals surface area (Å²) in [6, 6.07) is 6.96. The van der Waals surface area contributed by atoms with E-state index in [0.717, 1.165) is 0 Å². The van der Waals surface area contributed by atoms with E-state index in [1.165, 1.54) is 6.92 Å². The number of carbonyl (C=O) groups is 2. The van der Waals surface area contributed by atoms with Crippen LogP contribution in [0.15, 0.2) is 24.3 Å². The molecule has 1 aromatic heterocycles. The van der Waals surface area contributed by atoms with Gasteiger partial charge in [0, 0.05) is 5.56 Å². The van der Waals surface area contributed by atoms with E-state index in [4.69, 9.17) is 5.11 Å². The summed E-state index contributed by atoms with van der Waals surface area (Å²) < 4.78 is 0. The van der Waals surface area contributed by atoms with E-state index in [0.29, 0.717) is 22.9 Å². The lowest BCUT2D eigenvalue weighted by atomic mass is 10.1. The van der Waals surface area contributed by atoms with E-state index in [9.17, 15) is 9.59 Å². The van der Waals surface area contributed by atoms with Gasteiger partial charge in [-0.05, 0) is 26.0 Å². The number of nitrogens with one attached hydrogen (secondary N) is 2. The summed E-state index contributed by atoms with van der Waals surface area (Å²) in [7, 11) is 0. The van der Waals surface area contributed by atoms with Crippen LogP contribution in [0.3, 0.4) is 0 Å². The minimum Gasteiger partial charge on any atom is -0.481 e. The standard InChI is InChI=1S/C13H14N4O3/c1-7(13(19)20)12(18)15-10-6-4-3-5-9(10)11-14-8(2)16-17-11/h3-7H,1-2H3,(H,15,18)(H,19,20)(H,14,16,17). The molecule has 0 aliphatic carbocycles. The monoisotopic (exact) mass is 274 g/mol. The Hall–Kier alpha value is -2.70. The molecule has 0 aliphatic rings. The molecule has 2 rings (SSSR count). The third-order valence-electron chi connectivity index (χ3n) is 2.79. The Kier molecular flexibility index (Phi) is 3.79. The first-order chi connectivity index (χ1) is 9.49. The van der Waals surface area contributed by atoms with Crippen LogP contribution in [-0.2, 0) is 9.59 Å². The van der Waals surface area contributed by atoms with Crippen molar-refractivity contribution in [2.24, 2.45) is 5.92 Å². The molecule has 7 heteroatoms. The fourth-order valence-electron chi connectivity index (χ4n) is 1.60. The number of hydrogen-bond donors (Lipinski definition) is 3. The number of aromatic nitrogens is 3. The first kappa shape index (κ1) is 13.7. The van der Waals surface area contributed by atoms with Crippen molar-refractivity contribution < 1.29 is 14.7 Å². The van der Waals surface area contributed by atoms with Crippen molar-refractivity contribution >= 4 is 17.6 Å². The minimum absolute atomic E-state index is 0.446. The fraction of sp³-hybridized carbons (Fsp3) is 0.231. The third kappa shape index (κ3) is 2.82. The van der Waals surface area contributed by atoms with Gasteiger partial charge in [-0.15, -0.1) is 0 Å². The van der Waals surface area contributed by atoms with Gasteiger partial charge in [-0.2, -0.15) is 5.10 Å². The van der Waals surface area contributed by atoms with E-state index in [2.05, 4.69) is 20.5 Å². The molecule has 1 aromatic carbocycles. The van der Waals surface area contributed by atoms with E-state index < -0.39 is 17.8 Å². The van der Waals surface area contributed by atoms with Crippen LogP contribution in [0, 0.1) is 12.8 Å². The number of benzene rings is 1. The summed E-state index contributed by atoms with van der Waals surface area (Å²) in [5.74, 6) is -1.79. The molecule has 1 atom stereocenters. The predicted octanol–water partition coefficient (Wildman–Crippen LogP) is 1.44. The van der Waals surface area contributed by atoms with Gasteiger partial charge in [-0.25, -0.2) is 4.98 Å². The Labute approximate surface area is 115 Å². The van der Waals surface area contributed by atoms with Crippen molar-refractivity contribution in [3.63, 3.8) is 0 Å². The summed E-state index contributed by atoms with van der Waals surface area (Å²) in [6.45, 7) is 3.10. The second kappa shape index (κ2) is 5.52. The number of anilines is 1. The Morgan fingerprint density at radius 3 is 2.65 bits per heavy atom. The molecule has 0 radical (unpaired) electrons. The van der Waals surface area contributed by atoms with E-state index in [1.54, 1.807) is 31.2 Å². The third-order valence-corrected chi connectivity index (χ3v) is 2.79. The second-order valence-corrected chi connectivity index (χ2v) is 4.34. The molecule has 1 amide bonds. The maximum Gasteiger partial charge on any atom is 0.315 e. The summed E-state index contributed by atoms with van der Waals surface area (Å²) in [4.78, 5) is 26.8. The molecule has 0 aliphatic heterocycles. The van der Waals surface area contributed by atoms with E-state index in [1.807, 2.05) is 0 Å². The molecule has 0 saturated heterocycles. The highest BCUT2D eigenvalue weighted by Gasteiger charge is 2.21. The lowest BCUT2D eigenvalue weighted by Gasteiger charge is -2.11. The zero-order valence-electron chi connectivity index (χ0n) is 11.0. The second-order valence-electron chi connectivity index (χ2n) is 4.34. The van der Waals surface area contributed by atoms with Gasteiger partial charge < -0.3 is 10.4 Å². The summed E-state index contributed by atoms with van der Waals surface area (Å²) in [6.07, 6.45) is 0. The van der Waals surface area contributed by atoms with Gasteiger partial charge >= 0.3 is 5.97 Å². The Morgan fingerprint density at radius 1 is 1.35 bits per heavy atom. The van der Waals surface area contributed by atoms with Crippen LogP contribution < -0.4 is 5.32 Å². The molecule has 2 aromatic rings. The Bertz CT molecular complexity index is 651. The molecule has 0 bridgehead atoms. The molecule has 7 nitrogen and oxygen atoms in total. The molecule has 1 unspecified atom stereocenters. The van der Waals surface area contributed by atoms with Crippen molar-refractivity contribution in [3.8, 4) is 11.4 Å². The van der Waals surface area contributed by atoms with Gasteiger partial charge in [0.1, 0.15) is 11.7 Å². The number of para-hydroxylation sites is 1. The highest BCUT2D eigenvalue weighted by Crippen LogP contribution is 2.25. The number of amides is 1. The smallest absolute Gasteiger partial charge is 0.315 e. The van der Waals surface area contributed by atoms with Gasteiger partial charge in [0.05, 0.1) is 5.69 Å². The molecule has 0 fully saturated rings. The van der Waals surface area contributed by atoms with Gasteiger partial charge in [-0.1, -0.05) is 12.1 Å². The summed E-state index contributed by atoms with van der Waals surface area (Å²) in [5, 5.41) is 18.2. The highest BCUT2D eigenvalue weighted by molar-refractivity contribution is 6.05. The van der Waals surface area contributed by atoms with Gasteiger partial charge in [-0.3, -0.25) is 14.7 Å². The molecule has 1 heterocycles. The molecule has 3 N–H and O–H groups in total. The van der Waals surface area contributed by atoms with Crippen molar-refractivity contribution in [3.05, 3.63) is 30.1 Å². The van der Waals surface area contributed by atoms with Gasteiger partial charge in [0.25, 0.3) is 0 Å². The SMILES string of the molecule is Cc1nc(-c2ccccc2NC(=O)C(C)C(=O)O)n[nH]1. The average molecular weight is 274 g/mol. The lowest BCUT2D eigenvalue weighted by molar-refractivity contribution is -0.144.